The summed E-state index contributed by atoms with van der Waals surface area (Å²) in [5.74, 6) is 2.58. The monoisotopic (exact) mass is 388 g/mol. The summed E-state index contributed by atoms with van der Waals surface area (Å²) in [6.45, 7) is 1.55. The summed E-state index contributed by atoms with van der Waals surface area (Å²) in [7, 11) is 1.63. The number of benzene rings is 2. The van der Waals surface area contributed by atoms with Gasteiger partial charge in [0.25, 0.3) is 0 Å². The molecule has 0 radical (unpaired) electrons. The average Bonchev–Trinajstić information content (AvgIpc) is 2.99. The van der Waals surface area contributed by atoms with E-state index >= 15 is 0 Å². The van der Waals surface area contributed by atoms with Crippen molar-refractivity contribution >= 4 is 17.8 Å². The van der Waals surface area contributed by atoms with Gasteiger partial charge in [0, 0.05) is 18.8 Å². The summed E-state index contributed by atoms with van der Waals surface area (Å²) in [5, 5.41) is 3.17. The molecule has 0 bridgehead atoms. The van der Waals surface area contributed by atoms with Crippen molar-refractivity contribution in [2.45, 2.75) is 18.9 Å². The number of urea groups is 1. The summed E-state index contributed by atoms with van der Waals surface area (Å²) in [6, 6.07) is 13.9. The molecule has 0 spiro atoms. The predicted molar refractivity (Wildman–Crippen MR) is 108 cm³/mol. The summed E-state index contributed by atoms with van der Waals surface area (Å²) in [6.07, 6.45) is 1.62. The van der Waals surface area contributed by atoms with E-state index in [1.54, 1.807) is 19.2 Å². The first-order valence-electron chi connectivity index (χ1n) is 9.17. The third kappa shape index (κ3) is 5.63. The lowest BCUT2D eigenvalue weighted by Crippen LogP contribution is -2.43. The minimum Gasteiger partial charge on any atom is -0.497 e. The maximum atomic E-state index is 13.2. The molecule has 1 unspecified atom stereocenters. The first kappa shape index (κ1) is 19.5. The number of amides is 2. The third-order valence-corrected chi connectivity index (χ3v) is 5.73. The zero-order valence-electron chi connectivity index (χ0n) is 15.5. The van der Waals surface area contributed by atoms with Gasteiger partial charge in [-0.1, -0.05) is 24.3 Å². The Bertz CT molecular complexity index is 729. The number of rotatable bonds is 5. The van der Waals surface area contributed by atoms with Gasteiger partial charge in [-0.05, 0) is 54.0 Å². The quantitative estimate of drug-likeness (QED) is 0.832. The highest BCUT2D eigenvalue weighted by molar-refractivity contribution is 7.99. The molecule has 3 rings (SSSR count). The normalized spacial score (nSPS) is 15.7. The van der Waals surface area contributed by atoms with Gasteiger partial charge in [-0.2, -0.15) is 11.8 Å². The van der Waals surface area contributed by atoms with Crippen molar-refractivity contribution in [3.63, 3.8) is 0 Å². The molecule has 1 fully saturated rings. The minimum atomic E-state index is -0.258. The molecule has 2 aromatic carbocycles. The molecule has 2 amide bonds. The molecule has 1 N–H and O–H groups in total. The van der Waals surface area contributed by atoms with E-state index < -0.39 is 0 Å². The van der Waals surface area contributed by atoms with E-state index in [1.165, 1.54) is 12.1 Å². The fourth-order valence-electron chi connectivity index (χ4n) is 3.13. The van der Waals surface area contributed by atoms with E-state index in [0.717, 1.165) is 47.9 Å². The molecule has 144 valence electrons. The fraction of sp³-hybridized carbons (Fsp3) is 0.381. The smallest absolute Gasteiger partial charge is 0.317 e. The third-order valence-electron chi connectivity index (χ3n) is 4.68. The van der Waals surface area contributed by atoms with Gasteiger partial charge < -0.3 is 15.0 Å². The van der Waals surface area contributed by atoms with Gasteiger partial charge in [0.2, 0.25) is 0 Å². The van der Waals surface area contributed by atoms with Gasteiger partial charge in [-0.15, -0.1) is 0 Å². The molecular weight excluding hydrogens is 363 g/mol. The van der Waals surface area contributed by atoms with Crippen LogP contribution in [0.1, 0.15) is 23.6 Å². The Kier molecular flexibility index (Phi) is 6.98. The molecular formula is C21H25FN2O2S. The maximum absolute atomic E-state index is 13.2. The first-order chi connectivity index (χ1) is 13.2. The Balaban J connectivity index is 1.77. The van der Waals surface area contributed by atoms with Crippen LogP contribution in [0.3, 0.4) is 0 Å². The topological polar surface area (TPSA) is 41.6 Å². The summed E-state index contributed by atoms with van der Waals surface area (Å²) in [4.78, 5) is 14.7. The van der Waals surface area contributed by atoms with Gasteiger partial charge in [0.1, 0.15) is 11.6 Å². The van der Waals surface area contributed by atoms with Crippen LogP contribution >= 0.6 is 11.8 Å². The van der Waals surface area contributed by atoms with Crippen LogP contribution in [0.25, 0.3) is 0 Å². The molecule has 1 atom stereocenters. The molecule has 1 saturated heterocycles. The second-order valence-electron chi connectivity index (χ2n) is 6.56. The Hall–Kier alpha value is -2.21. The van der Waals surface area contributed by atoms with Gasteiger partial charge in [-0.25, -0.2) is 9.18 Å². The molecule has 1 heterocycles. The van der Waals surface area contributed by atoms with Crippen LogP contribution in [0.15, 0.2) is 48.5 Å². The number of ether oxygens (including phenoxy) is 1. The summed E-state index contributed by atoms with van der Waals surface area (Å²) < 4.78 is 18.5. The lowest BCUT2D eigenvalue weighted by Gasteiger charge is -2.26. The molecule has 4 nitrogen and oxygen atoms in total. The van der Waals surface area contributed by atoms with Crippen LogP contribution < -0.4 is 10.1 Å². The molecule has 1 aliphatic heterocycles. The average molecular weight is 389 g/mol. The largest absolute Gasteiger partial charge is 0.497 e. The number of methoxy groups -OCH3 is 1. The standard InChI is InChI=1S/C21H25FN2O2S/c1-26-19-9-5-17(6-10-19)20(15-16-3-7-18(22)8-4-16)23-21(25)24-11-2-13-27-14-12-24/h3-10,20H,2,11-15H2,1H3,(H,23,25). The lowest BCUT2D eigenvalue weighted by molar-refractivity contribution is 0.197. The van der Waals surface area contributed by atoms with Gasteiger partial charge in [0.15, 0.2) is 0 Å². The van der Waals surface area contributed by atoms with Gasteiger partial charge in [0.05, 0.1) is 13.2 Å². The van der Waals surface area contributed by atoms with Crippen molar-refractivity contribution in [1.29, 1.82) is 0 Å². The van der Waals surface area contributed by atoms with Crippen molar-refractivity contribution < 1.29 is 13.9 Å². The van der Waals surface area contributed by atoms with Crippen molar-refractivity contribution in [3.05, 3.63) is 65.5 Å². The number of carbonyl (C=O) groups excluding carboxylic acids is 1. The number of hydrogen-bond donors (Lipinski definition) is 1. The molecule has 0 saturated carbocycles. The zero-order valence-corrected chi connectivity index (χ0v) is 16.3. The zero-order chi connectivity index (χ0) is 19.1. The molecule has 0 aromatic heterocycles. The molecule has 2 aromatic rings. The number of thioether (sulfide) groups is 1. The van der Waals surface area contributed by atoms with Crippen LogP contribution in [0, 0.1) is 5.82 Å². The van der Waals surface area contributed by atoms with Crippen LogP contribution in [0.4, 0.5) is 9.18 Å². The van der Waals surface area contributed by atoms with Crippen molar-refractivity contribution in [3.8, 4) is 5.75 Å². The molecule has 6 heteroatoms. The lowest BCUT2D eigenvalue weighted by atomic mass is 9.98. The van der Waals surface area contributed by atoms with Gasteiger partial charge in [-0.3, -0.25) is 0 Å². The van der Waals surface area contributed by atoms with E-state index in [1.807, 2.05) is 40.9 Å². The van der Waals surface area contributed by atoms with E-state index in [0.29, 0.717) is 6.42 Å². The SMILES string of the molecule is COc1ccc(C(Cc2ccc(F)cc2)NC(=O)N2CCCSCC2)cc1. The molecule has 1 aliphatic rings. The fourth-order valence-corrected chi connectivity index (χ4v) is 4.02. The second kappa shape index (κ2) is 9.65. The first-order valence-corrected chi connectivity index (χ1v) is 10.3. The highest BCUT2D eigenvalue weighted by atomic mass is 32.2. The van der Waals surface area contributed by atoms with Gasteiger partial charge >= 0.3 is 6.03 Å². The van der Waals surface area contributed by atoms with E-state index in [2.05, 4.69) is 5.32 Å². The number of carbonyl (C=O) groups is 1. The number of nitrogens with zero attached hydrogens (tertiary/aromatic N) is 1. The Morgan fingerprint density at radius 1 is 1.15 bits per heavy atom. The van der Waals surface area contributed by atoms with Crippen LogP contribution in [-0.4, -0.2) is 42.6 Å². The van der Waals surface area contributed by atoms with Crippen molar-refractivity contribution in [1.82, 2.24) is 10.2 Å². The maximum Gasteiger partial charge on any atom is 0.317 e. The van der Waals surface area contributed by atoms with Crippen LogP contribution in [-0.2, 0) is 6.42 Å². The van der Waals surface area contributed by atoms with Crippen molar-refractivity contribution in [2.75, 3.05) is 31.7 Å². The van der Waals surface area contributed by atoms with E-state index in [-0.39, 0.29) is 17.9 Å². The summed E-state index contributed by atoms with van der Waals surface area (Å²) in [5.41, 5.74) is 1.97. The molecule has 27 heavy (non-hydrogen) atoms. The van der Waals surface area contributed by atoms with Crippen LogP contribution in [0.2, 0.25) is 0 Å². The Labute approximate surface area is 164 Å². The molecule has 0 aliphatic carbocycles. The number of halogens is 1. The minimum absolute atomic E-state index is 0.0413. The number of nitrogens with one attached hydrogen (secondary N) is 1. The second-order valence-corrected chi connectivity index (χ2v) is 7.78. The Morgan fingerprint density at radius 2 is 1.89 bits per heavy atom. The Morgan fingerprint density at radius 3 is 2.59 bits per heavy atom. The number of hydrogen-bond acceptors (Lipinski definition) is 3. The van der Waals surface area contributed by atoms with E-state index in [4.69, 9.17) is 4.74 Å². The predicted octanol–water partition coefficient (Wildman–Crippen LogP) is 4.27. The highest BCUT2D eigenvalue weighted by Crippen LogP contribution is 2.22. The van der Waals surface area contributed by atoms with Crippen LogP contribution in [0.5, 0.6) is 5.75 Å². The summed E-state index contributed by atoms with van der Waals surface area (Å²) >= 11 is 1.89. The van der Waals surface area contributed by atoms with Crippen molar-refractivity contribution in [2.24, 2.45) is 0 Å². The van der Waals surface area contributed by atoms with E-state index in [9.17, 15) is 9.18 Å². The highest BCUT2D eigenvalue weighted by Gasteiger charge is 2.21.